The number of aromatic nitrogens is 1. The molecule has 0 aliphatic heterocycles. The summed E-state index contributed by atoms with van der Waals surface area (Å²) in [5.41, 5.74) is 1.88. The molecular weight excluding hydrogens is 234 g/mol. The van der Waals surface area contributed by atoms with E-state index in [2.05, 4.69) is 18.0 Å². The smallest absolute Gasteiger partial charge is 0.142 e. The van der Waals surface area contributed by atoms with Crippen LogP contribution in [0.3, 0.4) is 0 Å². The molecule has 0 radical (unpaired) electrons. The molecule has 3 rings (SSSR count). The second-order valence-electron chi connectivity index (χ2n) is 5.65. The van der Waals surface area contributed by atoms with E-state index in [1.807, 2.05) is 30.3 Å². The Kier molecular flexibility index (Phi) is 3.33. The minimum Gasteiger partial charge on any atom is -0.299 e. The lowest BCUT2D eigenvalue weighted by atomic mass is 9.91. The van der Waals surface area contributed by atoms with Crippen LogP contribution in [0.4, 0.5) is 0 Å². The molecule has 1 saturated carbocycles. The molecule has 0 spiro atoms. The summed E-state index contributed by atoms with van der Waals surface area (Å²) in [5.74, 6) is 1.18. The second kappa shape index (κ2) is 5.12. The van der Waals surface area contributed by atoms with Gasteiger partial charge in [-0.3, -0.25) is 9.78 Å². The zero-order valence-electron chi connectivity index (χ0n) is 11.3. The molecule has 2 heteroatoms. The Balaban J connectivity index is 1.79. The quantitative estimate of drug-likeness (QED) is 0.833. The SMILES string of the molecule is CC1CCCC1C(=O)Cc1ccc2ccccc2n1. The minimum absolute atomic E-state index is 0.258. The van der Waals surface area contributed by atoms with Crippen molar-refractivity contribution < 1.29 is 4.79 Å². The monoisotopic (exact) mass is 253 g/mol. The average Bonchev–Trinajstić information content (AvgIpc) is 2.85. The van der Waals surface area contributed by atoms with E-state index in [1.54, 1.807) is 0 Å². The Labute approximate surface area is 113 Å². The molecule has 0 N–H and O–H groups in total. The highest BCUT2D eigenvalue weighted by atomic mass is 16.1. The van der Waals surface area contributed by atoms with Crippen molar-refractivity contribution in [3.63, 3.8) is 0 Å². The van der Waals surface area contributed by atoms with Crippen LogP contribution in [-0.2, 0) is 11.2 Å². The largest absolute Gasteiger partial charge is 0.299 e. The lowest BCUT2D eigenvalue weighted by molar-refractivity contribution is -0.123. The van der Waals surface area contributed by atoms with Gasteiger partial charge in [0, 0.05) is 23.4 Å². The summed E-state index contributed by atoms with van der Waals surface area (Å²) < 4.78 is 0. The Morgan fingerprint density at radius 3 is 2.84 bits per heavy atom. The molecule has 19 heavy (non-hydrogen) atoms. The Morgan fingerprint density at radius 1 is 1.21 bits per heavy atom. The fourth-order valence-corrected chi connectivity index (χ4v) is 3.14. The number of para-hydroxylation sites is 1. The first-order valence-corrected chi connectivity index (χ1v) is 7.11. The van der Waals surface area contributed by atoms with E-state index in [1.165, 1.54) is 12.8 Å². The van der Waals surface area contributed by atoms with E-state index in [4.69, 9.17) is 0 Å². The summed E-state index contributed by atoms with van der Waals surface area (Å²) in [6.45, 7) is 2.20. The molecule has 98 valence electrons. The third-order valence-electron chi connectivity index (χ3n) is 4.29. The Morgan fingerprint density at radius 2 is 2.05 bits per heavy atom. The first-order valence-electron chi connectivity index (χ1n) is 7.11. The molecule has 1 heterocycles. The number of carbonyl (C=O) groups excluding carboxylic acids is 1. The van der Waals surface area contributed by atoms with Crippen molar-refractivity contribution in [2.45, 2.75) is 32.6 Å². The second-order valence-corrected chi connectivity index (χ2v) is 5.65. The first-order chi connectivity index (χ1) is 9.24. The van der Waals surface area contributed by atoms with Gasteiger partial charge in [0.2, 0.25) is 0 Å². The number of benzene rings is 1. The van der Waals surface area contributed by atoms with Gasteiger partial charge in [0.15, 0.2) is 0 Å². The van der Waals surface area contributed by atoms with Gasteiger partial charge in [0.25, 0.3) is 0 Å². The predicted molar refractivity (Wildman–Crippen MR) is 77.0 cm³/mol. The number of hydrogen-bond donors (Lipinski definition) is 0. The molecule has 1 aromatic heterocycles. The molecular formula is C17H19NO. The molecule has 2 unspecified atom stereocenters. The zero-order valence-corrected chi connectivity index (χ0v) is 11.3. The molecule has 1 aromatic carbocycles. The highest BCUT2D eigenvalue weighted by molar-refractivity contribution is 5.84. The normalized spacial score (nSPS) is 22.8. The molecule has 1 aliphatic rings. The van der Waals surface area contributed by atoms with Gasteiger partial charge in [-0.1, -0.05) is 37.6 Å². The van der Waals surface area contributed by atoms with Gasteiger partial charge in [0.05, 0.1) is 5.52 Å². The maximum atomic E-state index is 12.3. The third-order valence-corrected chi connectivity index (χ3v) is 4.29. The van der Waals surface area contributed by atoms with Gasteiger partial charge in [0.1, 0.15) is 5.78 Å². The summed E-state index contributed by atoms with van der Waals surface area (Å²) in [5, 5.41) is 1.13. The number of fused-ring (bicyclic) bond motifs is 1. The first kappa shape index (κ1) is 12.3. The van der Waals surface area contributed by atoms with Crippen LogP contribution < -0.4 is 0 Å². The lowest BCUT2D eigenvalue weighted by Crippen LogP contribution is -2.19. The highest BCUT2D eigenvalue weighted by Gasteiger charge is 2.29. The summed E-state index contributed by atoms with van der Waals surface area (Å²) in [4.78, 5) is 16.9. The minimum atomic E-state index is 0.258. The van der Waals surface area contributed by atoms with Crippen LogP contribution in [0.25, 0.3) is 10.9 Å². The maximum Gasteiger partial charge on any atom is 0.142 e. The maximum absolute atomic E-state index is 12.3. The van der Waals surface area contributed by atoms with Gasteiger partial charge in [-0.25, -0.2) is 0 Å². The van der Waals surface area contributed by atoms with Gasteiger partial charge in [-0.05, 0) is 30.9 Å². The van der Waals surface area contributed by atoms with Crippen molar-refractivity contribution in [1.82, 2.24) is 4.98 Å². The zero-order chi connectivity index (χ0) is 13.2. The molecule has 0 amide bonds. The topological polar surface area (TPSA) is 30.0 Å². The lowest BCUT2D eigenvalue weighted by Gasteiger charge is -2.13. The van der Waals surface area contributed by atoms with Crippen molar-refractivity contribution in [3.8, 4) is 0 Å². The van der Waals surface area contributed by atoms with Crippen molar-refractivity contribution >= 4 is 16.7 Å². The number of hydrogen-bond acceptors (Lipinski definition) is 2. The van der Waals surface area contributed by atoms with Crippen LogP contribution in [0.5, 0.6) is 0 Å². The standard InChI is InChI=1S/C17H19NO/c1-12-5-4-7-15(12)17(19)11-14-10-9-13-6-2-3-8-16(13)18-14/h2-3,6,8-10,12,15H,4-5,7,11H2,1H3. The van der Waals surface area contributed by atoms with Gasteiger partial charge >= 0.3 is 0 Å². The fraction of sp³-hybridized carbons (Fsp3) is 0.412. The van der Waals surface area contributed by atoms with Gasteiger partial charge in [-0.2, -0.15) is 0 Å². The van der Waals surface area contributed by atoms with Crippen molar-refractivity contribution in [2.24, 2.45) is 11.8 Å². The van der Waals surface area contributed by atoms with Crippen LogP contribution in [0, 0.1) is 11.8 Å². The van der Waals surface area contributed by atoms with Gasteiger partial charge in [-0.15, -0.1) is 0 Å². The predicted octanol–water partition coefficient (Wildman–Crippen LogP) is 3.78. The molecule has 2 aromatic rings. The van der Waals surface area contributed by atoms with Gasteiger partial charge < -0.3 is 0 Å². The number of carbonyl (C=O) groups is 1. The summed E-state index contributed by atoms with van der Waals surface area (Å²) >= 11 is 0. The van der Waals surface area contributed by atoms with Crippen molar-refractivity contribution in [1.29, 1.82) is 0 Å². The fourth-order valence-electron chi connectivity index (χ4n) is 3.14. The number of Topliss-reactive ketones (excluding diaryl/α,β-unsaturated/α-hetero) is 1. The summed E-state index contributed by atoms with van der Waals surface area (Å²) in [6, 6.07) is 12.1. The van der Waals surface area contributed by atoms with Crippen molar-refractivity contribution in [2.75, 3.05) is 0 Å². The summed E-state index contributed by atoms with van der Waals surface area (Å²) in [6.07, 6.45) is 3.94. The van der Waals surface area contributed by atoms with Crippen LogP contribution in [0.15, 0.2) is 36.4 Å². The average molecular weight is 253 g/mol. The van der Waals surface area contributed by atoms with Crippen LogP contribution in [-0.4, -0.2) is 10.8 Å². The number of ketones is 1. The number of nitrogens with zero attached hydrogens (tertiary/aromatic N) is 1. The molecule has 1 aliphatic carbocycles. The molecule has 2 nitrogen and oxygen atoms in total. The van der Waals surface area contributed by atoms with E-state index >= 15 is 0 Å². The van der Waals surface area contributed by atoms with Crippen LogP contribution in [0.2, 0.25) is 0 Å². The molecule has 0 saturated heterocycles. The Hall–Kier alpha value is -1.70. The Bertz CT molecular complexity index is 605. The third kappa shape index (κ3) is 2.53. The summed E-state index contributed by atoms with van der Waals surface area (Å²) in [7, 11) is 0. The van der Waals surface area contributed by atoms with E-state index in [0.29, 0.717) is 18.1 Å². The number of pyridine rings is 1. The molecule has 1 fully saturated rings. The van der Waals surface area contributed by atoms with E-state index in [0.717, 1.165) is 23.0 Å². The van der Waals surface area contributed by atoms with Crippen LogP contribution >= 0.6 is 0 Å². The van der Waals surface area contributed by atoms with E-state index in [9.17, 15) is 4.79 Å². The van der Waals surface area contributed by atoms with Crippen LogP contribution in [0.1, 0.15) is 31.9 Å². The van der Waals surface area contributed by atoms with E-state index < -0.39 is 0 Å². The van der Waals surface area contributed by atoms with E-state index in [-0.39, 0.29) is 5.92 Å². The highest BCUT2D eigenvalue weighted by Crippen LogP contribution is 2.32. The molecule has 0 bridgehead atoms. The molecule has 2 atom stereocenters. The number of rotatable bonds is 3. The van der Waals surface area contributed by atoms with Crippen molar-refractivity contribution in [3.05, 3.63) is 42.1 Å².